The lowest BCUT2D eigenvalue weighted by molar-refractivity contribution is 0.225. The molecule has 2 aromatic carbocycles. The Kier molecular flexibility index (Phi) is 4.07. The van der Waals surface area contributed by atoms with Gasteiger partial charge in [-0.25, -0.2) is 0 Å². The summed E-state index contributed by atoms with van der Waals surface area (Å²) in [7, 11) is 1.64. The highest BCUT2D eigenvalue weighted by atomic mass is 32.1. The molecule has 7 heteroatoms. The van der Waals surface area contributed by atoms with Crippen molar-refractivity contribution in [1.82, 2.24) is 19.8 Å². The topological polar surface area (TPSA) is 61.5 Å². The van der Waals surface area contributed by atoms with Crippen molar-refractivity contribution in [1.29, 1.82) is 0 Å². The summed E-state index contributed by atoms with van der Waals surface area (Å²) in [4.78, 5) is 0.733. The Labute approximate surface area is 148 Å². The zero-order valence-corrected chi connectivity index (χ0v) is 14.6. The van der Waals surface area contributed by atoms with E-state index in [1.54, 1.807) is 11.6 Å². The molecule has 0 fully saturated rings. The molecule has 1 atom stereocenters. The molecule has 0 aliphatic carbocycles. The first-order chi connectivity index (χ1) is 12.2. The third-order valence-electron chi connectivity index (χ3n) is 3.74. The molecule has 0 unspecified atom stereocenters. The van der Waals surface area contributed by atoms with Crippen molar-refractivity contribution >= 4 is 16.3 Å². The van der Waals surface area contributed by atoms with Crippen molar-refractivity contribution in [2.75, 3.05) is 7.11 Å². The van der Waals surface area contributed by atoms with Gasteiger partial charge in [0, 0.05) is 5.56 Å². The second kappa shape index (κ2) is 6.52. The smallest absolute Gasteiger partial charge is 0.235 e. The highest BCUT2D eigenvalue weighted by molar-refractivity contribution is 7.16. The van der Waals surface area contributed by atoms with Gasteiger partial charge in [-0.2, -0.15) is 9.61 Å². The molecule has 2 heterocycles. The van der Waals surface area contributed by atoms with E-state index in [2.05, 4.69) is 15.3 Å². The molecule has 0 radical (unpaired) electrons. The lowest BCUT2D eigenvalue weighted by Gasteiger charge is -2.11. The predicted octanol–water partition coefficient (Wildman–Crippen LogP) is 4.00. The molecular formula is C18H16N4O2S. The van der Waals surface area contributed by atoms with Gasteiger partial charge in [0.1, 0.15) is 17.6 Å². The van der Waals surface area contributed by atoms with E-state index in [9.17, 15) is 0 Å². The third kappa shape index (κ3) is 3.06. The van der Waals surface area contributed by atoms with Crippen LogP contribution in [0, 0.1) is 0 Å². The van der Waals surface area contributed by atoms with E-state index < -0.39 is 0 Å². The van der Waals surface area contributed by atoms with Gasteiger partial charge in [-0.05, 0) is 31.2 Å². The van der Waals surface area contributed by atoms with Gasteiger partial charge < -0.3 is 9.47 Å². The molecule has 4 aromatic rings. The summed E-state index contributed by atoms with van der Waals surface area (Å²) in [5.74, 6) is 2.27. The van der Waals surface area contributed by atoms with E-state index in [1.165, 1.54) is 11.3 Å². The van der Waals surface area contributed by atoms with Crippen LogP contribution >= 0.6 is 11.3 Å². The predicted molar refractivity (Wildman–Crippen MR) is 96.1 cm³/mol. The maximum absolute atomic E-state index is 5.95. The number of hydrogen-bond donors (Lipinski definition) is 0. The number of ether oxygens (including phenoxy) is 2. The molecule has 0 saturated carbocycles. The maximum Gasteiger partial charge on any atom is 0.235 e. The molecule has 0 aliphatic heterocycles. The molecule has 126 valence electrons. The lowest BCUT2D eigenvalue weighted by atomic mass is 10.2. The maximum atomic E-state index is 5.95. The quantitative estimate of drug-likeness (QED) is 0.543. The largest absolute Gasteiger partial charge is 0.497 e. The van der Waals surface area contributed by atoms with E-state index in [4.69, 9.17) is 9.47 Å². The molecule has 0 amide bonds. The van der Waals surface area contributed by atoms with E-state index in [0.29, 0.717) is 5.82 Å². The Balaban J connectivity index is 1.66. The third-order valence-corrected chi connectivity index (χ3v) is 4.80. The molecule has 0 saturated heterocycles. The Hall–Kier alpha value is -2.93. The second-order valence-electron chi connectivity index (χ2n) is 5.46. The normalized spacial score (nSPS) is 12.2. The Morgan fingerprint density at radius 2 is 1.80 bits per heavy atom. The summed E-state index contributed by atoms with van der Waals surface area (Å²) in [5.41, 5.74) is 0.903. The monoisotopic (exact) mass is 352 g/mol. The van der Waals surface area contributed by atoms with Crippen LogP contribution in [0.15, 0.2) is 54.6 Å². The average molecular weight is 352 g/mol. The van der Waals surface area contributed by atoms with Gasteiger partial charge in [0.25, 0.3) is 0 Å². The van der Waals surface area contributed by atoms with Crippen molar-refractivity contribution in [3.05, 3.63) is 59.6 Å². The van der Waals surface area contributed by atoms with E-state index in [1.807, 2.05) is 61.5 Å². The van der Waals surface area contributed by atoms with Crippen LogP contribution in [0.4, 0.5) is 0 Å². The first-order valence-electron chi connectivity index (χ1n) is 7.83. The van der Waals surface area contributed by atoms with Gasteiger partial charge in [0.05, 0.1) is 7.11 Å². The summed E-state index contributed by atoms with van der Waals surface area (Å²) < 4.78 is 13.0. The van der Waals surface area contributed by atoms with Crippen LogP contribution in [-0.2, 0) is 0 Å². The number of para-hydroxylation sites is 1. The summed E-state index contributed by atoms with van der Waals surface area (Å²) >= 11 is 1.47. The van der Waals surface area contributed by atoms with Crippen LogP contribution in [0.2, 0.25) is 0 Å². The van der Waals surface area contributed by atoms with Gasteiger partial charge in [-0.15, -0.1) is 10.2 Å². The van der Waals surface area contributed by atoms with E-state index >= 15 is 0 Å². The van der Waals surface area contributed by atoms with E-state index in [-0.39, 0.29) is 6.10 Å². The van der Waals surface area contributed by atoms with Crippen molar-refractivity contribution in [3.8, 4) is 22.9 Å². The Morgan fingerprint density at radius 3 is 2.60 bits per heavy atom. The highest BCUT2D eigenvalue weighted by Crippen LogP contribution is 2.28. The molecule has 0 spiro atoms. The van der Waals surface area contributed by atoms with Gasteiger partial charge >= 0.3 is 0 Å². The fourth-order valence-electron chi connectivity index (χ4n) is 2.49. The molecular weight excluding hydrogens is 336 g/mol. The average Bonchev–Trinajstić information content (AvgIpc) is 3.23. The van der Waals surface area contributed by atoms with Crippen molar-refractivity contribution in [3.63, 3.8) is 0 Å². The van der Waals surface area contributed by atoms with Crippen molar-refractivity contribution in [2.45, 2.75) is 13.0 Å². The van der Waals surface area contributed by atoms with Crippen molar-refractivity contribution in [2.24, 2.45) is 0 Å². The number of benzene rings is 2. The first kappa shape index (κ1) is 15.6. The van der Waals surface area contributed by atoms with Crippen LogP contribution in [0.25, 0.3) is 16.3 Å². The standard InChI is InChI=1S/C18H16N4O2S/c1-12(24-14-8-4-3-5-9-14)17-21-22-16(19-20-18(22)25-17)13-7-6-10-15(11-13)23-2/h3-12H,1-2H3/t12-/m1/s1. The zero-order valence-electron chi connectivity index (χ0n) is 13.8. The number of hydrogen-bond acceptors (Lipinski definition) is 6. The second-order valence-corrected chi connectivity index (χ2v) is 6.45. The summed E-state index contributed by atoms with van der Waals surface area (Å²) in [6.45, 7) is 1.98. The van der Waals surface area contributed by atoms with Crippen LogP contribution in [0.1, 0.15) is 18.0 Å². The lowest BCUT2D eigenvalue weighted by Crippen LogP contribution is -2.03. The van der Waals surface area contributed by atoms with Crippen LogP contribution in [0.5, 0.6) is 11.5 Å². The number of rotatable bonds is 5. The minimum Gasteiger partial charge on any atom is -0.497 e. The van der Waals surface area contributed by atoms with Crippen LogP contribution in [0.3, 0.4) is 0 Å². The number of nitrogens with zero attached hydrogens (tertiary/aromatic N) is 4. The fraction of sp³-hybridized carbons (Fsp3) is 0.167. The minimum atomic E-state index is -0.174. The van der Waals surface area contributed by atoms with E-state index in [0.717, 1.165) is 27.0 Å². The molecule has 25 heavy (non-hydrogen) atoms. The van der Waals surface area contributed by atoms with Gasteiger partial charge in [-0.3, -0.25) is 0 Å². The minimum absolute atomic E-state index is 0.174. The molecule has 0 aliphatic rings. The summed E-state index contributed by atoms with van der Waals surface area (Å²) in [5, 5.41) is 14.0. The van der Waals surface area contributed by atoms with Gasteiger partial charge in [0.15, 0.2) is 10.8 Å². The van der Waals surface area contributed by atoms with Crippen LogP contribution < -0.4 is 9.47 Å². The van der Waals surface area contributed by atoms with Gasteiger partial charge in [0.2, 0.25) is 4.96 Å². The number of fused-ring (bicyclic) bond motifs is 1. The molecule has 0 bridgehead atoms. The first-order valence-corrected chi connectivity index (χ1v) is 8.64. The molecule has 0 N–H and O–H groups in total. The number of aromatic nitrogens is 4. The Bertz CT molecular complexity index is 997. The summed E-state index contributed by atoms with van der Waals surface area (Å²) in [6, 6.07) is 17.4. The fourth-order valence-corrected chi connectivity index (χ4v) is 3.31. The molecule has 6 nitrogen and oxygen atoms in total. The number of methoxy groups -OCH3 is 1. The zero-order chi connectivity index (χ0) is 17.2. The molecule has 2 aromatic heterocycles. The SMILES string of the molecule is COc1cccc(-c2nnc3sc([C@@H](C)Oc4ccccc4)nn23)c1. The Morgan fingerprint density at radius 1 is 1.00 bits per heavy atom. The van der Waals surface area contributed by atoms with Crippen molar-refractivity contribution < 1.29 is 9.47 Å². The summed E-state index contributed by atoms with van der Waals surface area (Å²) in [6.07, 6.45) is -0.174. The van der Waals surface area contributed by atoms with Crippen LogP contribution in [-0.4, -0.2) is 26.9 Å². The van der Waals surface area contributed by atoms with Gasteiger partial charge in [-0.1, -0.05) is 41.7 Å². The molecule has 4 rings (SSSR count). The highest BCUT2D eigenvalue weighted by Gasteiger charge is 2.18.